The summed E-state index contributed by atoms with van der Waals surface area (Å²) in [4.78, 5) is 2.24. The van der Waals surface area contributed by atoms with E-state index in [0.29, 0.717) is 0 Å². The molecular formula is C48H26BNO5. The Morgan fingerprint density at radius 1 is 0.382 bits per heavy atom. The first-order valence-electron chi connectivity index (χ1n) is 18.4. The third-order valence-electron chi connectivity index (χ3n) is 11.4. The summed E-state index contributed by atoms with van der Waals surface area (Å²) in [7, 11) is 0. The minimum absolute atomic E-state index is 0.0161. The van der Waals surface area contributed by atoms with Crippen LogP contribution in [0.4, 0.5) is 17.1 Å². The van der Waals surface area contributed by atoms with Crippen molar-refractivity contribution in [2.75, 3.05) is 4.90 Å². The maximum atomic E-state index is 6.98. The first-order valence-corrected chi connectivity index (χ1v) is 18.4. The predicted molar refractivity (Wildman–Crippen MR) is 217 cm³/mol. The van der Waals surface area contributed by atoms with Gasteiger partial charge in [-0.25, -0.2) is 0 Å². The molecular weight excluding hydrogens is 681 g/mol. The first-order chi connectivity index (χ1) is 27.2. The number of hydrogen-bond acceptors (Lipinski definition) is 6. The van der Waals surface area contributed by atoms with Gasteiger partial charge in [0.15, 0.2) is 23.0 Å². The molecule has 7 heteroatoms. The highest BCUT2D eigenvalue weighted by molar-refractivity contribution is 6.98. The lowest BCUT2D eigenvalue weighted by atomic mass is 9.35. The summed E-state index contributed by atoms with van der Waals surface area (Å²) < 4.78 is 33.4. The number of furan rings is 1. The minimum atomic E-state index is 0.0161. The molecule has 4 aliphatic heterocycles. The first kappa shape index (κ1) is 29.1. The van der Waals surface area contributed by atoms with Gasteiger partial charge >= 0.3 is 0 Å². The van der Waals surface area contributed by atoms with Gasteiger partial charge in [0, 0.05) is 27.4 Å². The molecule has 0 unspecified atom stereocenters. The summed E-state index contributed by atoms with van der Waals surface area (Å²) in [5.74, 6) is 6.32. The van der Waals surface area contributed by atoms with E-state index in [1.807, 2.05) is 60.7 Å². The monoisotopic (exact) mass is 707 g/mol. The van der Waals surface area contributed by atoms with Crippen molar-refractivity contribution < 1.29 is 23.4 Å². The van der Waals surface area contributed by atoms with E-state index in [-0.39, 0.29) is 6.71 Å². The number of para-hydroxylation sites is 8. The Morgan fingerprint density at radius 2 is 0.818 bits per heavy atom. The maximum Gasteiger partial charge on any atom is 0.260 e. The van der Waals surface area contributed by atoms with Crippen LogP contribution >= 0.6 is 0 Å². The summed E-state index contributed by atoms with van der Waals surface area (Å²) in [5.41, 5.74) is 11.5. The second-order valence-electron chi connectivity index (χ2n) is 14.4. The molecule has 5 heterocycles. The highest BCUT2D eigenvalue weighted by Crippen LogP contribution is 2.60. The number of anilines is 3. The summed E-state index contributed by atoms with van der Waals surface area (Å²) in [6.45, 7) is 0.0161. The molecule has 256 valence electrons. The van der Waals surface area contributed by atoms with Crippen LogP contribution < -0.4 is 40.2 Å². The molecule has 1 aromatic heterocycles. The van der Waals surface area contributed by atoms with Gasteiger partial charge in [0.25, 0.3) is 6.71 Å². The molecule has 0 radical (unpaired) electrons. The van der Waals surface area contributed by atoms with Gasteiger partial charge in [-0.3, -0.25) is 4.90 Å². The van der Waals surface area contributed by atoms with Crippen LogP contribution in [-0.2, 0) is 0 Å². The second-order valence-corrected chi connectivity index (χ2v) is 14.4. The lowest BCUT2D eigenvalue weighted by Gasteiger charge is -2.38. The average Bonchev–Trinajstić information content (AvgIpc) is 3.62. The van der Waals surface area contributed by atoms with Gasteiger partial charge in [0.05, 0.1) is 11.4 Å². The second kappa shape index (κ2) is 10.6. The van der Waals surface area contributed by atoms with Crippen LogP contribution in [-0.4, -0.2) is 6.71 Å². The SMILES string of the molecule is c1ccc2c(c1)Oc1cc(-c3cccc4c3oc3c(-c5cc6c7c(c5)Oc5ccccc5N7c5ccccc5O6)cccc34)cc3c1B2c1ccccc1O3. The van der Waals surface area contributed by atoms with E-state index in [1.165, 1.54) is 0 Å². The third-order valence-corrected chi connectivity index (χ3v) is 11.4. The molecule has 6 nitrogen and oxygen atoms in total. The number of fused-ring (bicyclic) bond motifs is 11. The molecule has 13 rings (SSSR count). The Kier molecular flexibility index (Phi) is 5.62. The lowest BCUT2D eigenvalue weighted by molar-refractivity contribution is 0.446. The summed E-state index contributed by atoms with van der Waals surface area (Å²) in [5, 5.41) is 2.05. The summed E-state index contributed by atoms with van der Waals surface area (Å²) in [6.07, 6.45) is 0. The fraction of sp³-hybridized carbons (Fsp3) is 0. The van der Waals surface area contributed by atoms with Crippen LogP contribution in [0.2, 0.25) is 0 Å². The van der Waals surface area contributed by atoms with E-state index in [1.54, 1.807) is 0 Å². The van der Waals surface area contributed by atoms with Gasteiger partial charge in [-0.05, 0) is 82.7 Å². The van der Waals surface area contributed by atoms with Crippen LogP contribution in [0.3, 0.4) is 0 Å². The summed E-state index contributed by atoms with van der Waals surface area (Å²) >= 11 is 0. The van der Waals surface area contributed by atoms with Crippen molar-refractivity contribution in [3.05, 3.63) is 158 Å². The van der Waals surface area contributed by atoms with Crippen molar-refractivity contribution in [2.45, 2.75) is 0 Å². The molecule has 4 aliphatic rings. The molecule has 55 heavy (non-hydrogen) atoms. The molecule has 9 aromatic rings. The van der Waals surface area contributed by atoms with E-state index in [9.17, 15) is 0 Å². The van der Waals surface area contributed by atoms with Crippen molar-refractivity contribution in [2.24, 2.45) is 0 Å². The standard InChI is InChI=1S/C48H26BNO5/c1-5-19-37-33(15-1)49-34-16-2-6-20-38(34)52-42-24-27(23-41(51-37)45(42)49)29-11-9-13-31-32-14-10-12-30(48(32)55-47(29)31)28-25-43-46-44(26-28)54-40-22-8-4-18-36(40)50(46)35-17-3-7-21-39(35)53-43/h1-26H. The van der Waals surface area contributed by atoms with Crippen LogP contribution in [0, 0.1) is 0 Å². The van der Waals surface area contributed by atoms with Gasteiger partial charge in [0.2, 0.25) is 0 Å². The number of nitrogens with zero attached hydrogens (tertiary/aromatic N) is 1. The highest BCUT2D eigenvalue weighted by Gasteiger charge is 2.40. The van der Waals surface area contributed by atoms with E-state index >= 15 is 0 Å². The third kappa shape index (κ3) is 3.99. The van der Waals surface area contributed by atoms with Crippen molar-refractivity contribution >= 4 is 62.1 Å². The fourth-order valence-corrected chi connectivity index (χ4v) is 9.00. The molecule has 0 amide bonds. The van der Waals surface area contributed by atoms with Crippen molar-refractivity contribution in [3.8, 4) is 68.2 Å². The smallest absolute Gasteiger partial charge is 0.260 e. The van der Waals surface area contributed by atoms with E-state index in [0.717, 1.165) is 124 Å². The molecule has 0 bridgehead atoms. The number of ether oxygens (including phenoxy) is 4. The van der Waals surface area contributed by atoms with E-state index < -0.39 is 0 Å². The van der Waals surface area contributed by atoms with Crippen LogP contribution in [0.15, 0.2) is 162 Å². The number of hydrogen-bond donors (Lipinski definition) is 0. The molecule has 0 saturated carbocycles. The molecule has 0 saturated heterocycles. The fourth-order valence-electron chi connectivity index (χ4n) is 9.00. The Labute approximate surface area is 315 Å². The van der Waals surface area contributed by atoms with Crippen LogP contribution in [0.1, 0.15) is 0 Å². The van der Waals surface area contributed by atoms with E-state index in [4.69, 9.17) is 23.4 Å². The molecule has 0 aliphatic carbocycles. The minimum Gasteiger partial charge on any atom is -0.458 e. The Bertz CT molecular complexity index is 2800. The molecule has 0 atom stereocenters. The summed E-state index contributed by atoms with van der Waals surface area (Å²) in [6, 6.07) is 53.9. The van der Waals surface area contributed by atoms with Crippen molar-refractivity contribution in [1.82, 2.24) is 0 Å². The quantitative estimate of drug-likeness (QED) is 0.167. The zero-order chi connectivity index (χ0) is 35.8. The molecule has 8 aromatic carbocycles. The largest absolute Gasteiger partial charge is 0.458 e. The van der Waals surface area contributed by atoms with Gasteiger partial charge in [0.1, 0.15) is 39.9 Å². The Balaban J connectivity index is 0.983. The zero-order valence-electron chi connectivity index (χ0n) is 29.1. The lowest BCUT2D eigenvalue weighted by Crippen LogP contribution is -2.57. The molecule has 0 spiro atoms. The van der Waals surface area contributed by atoms with Gasteiger partial charge in [-0.15, -0.1) is 0 Å². The molecule has 0 fully saturated rings. The molecule has 0 N–H and O–H groups in total. The Morgan fingerprint density at radius 3 is 1.35 bits per heavy atom. The number of rotatable bonds is 2. The van der Waals surface area contributed by atoms with Crippen LogP contribution in [0.5, 0.6) is 46.0 Å². The average molecular weight is 708 g/mol. The van der Waals surface area contributed by atoms with Crippen molar-refractivity contribution in [1.29, 1.82) is 0 Å². The number of benzene rings is 8. The van der Waals surface area contributed by atoms with Gasteiger partial charge in [-0.2, -0.15) is 0 Å². The van der Waals surface area contributed by atoms with Crippen molar-refractivity contribution in [3.63, 3.8) is 0 Å². The Hall–Kier alpha value is -7.38. The van der Waals surface area contributed by atoms with Gasteiger partial charge < -0.3 is 23.4 Å². The normalized spacial score (nSPS) is 13.6. The predicted octanol–water partition coefficient (Wildman–Crippen LogP) is 11.3. The zero-order valence-corrected chi connectivity index (χ0v) is 29.1. The maximum absolute atomic E-state index is 6.98. The topological polar surface area (TPSA) is 53.3 Å². The highest BCUT2D eigenvalue weighted by atomic mass is 16.5. The van der Waals surface area contributed by atoms with Crippen LogP contribution in [0.25, 0.3) is 44.2 Å². The van der Waals surface area contributed by atoms with E-state index in [2.05, 4.69) is 102 Å². The van der Waals surface area contributed by atoms with Gasteiger partial charge in [-0.1, -0.05) is 97.1 Å².